The van der Waals surface area contributed by atoms with Crippen LogP contribution >= 0.6 is 23.4 Å². The molecule has 180 valence electrons. The van der Waals surface area contributed by atoms with Crippen LogP contribution in [0.4, 0.5) is 14.5 Å². The van der Waals surface area contributed by atoms with E-state index in [1.807, 2.05) is 0 Å². The molecule has 1 heterocycles. The minimum absolute atomic E-state index is 0.0323. The van der Waals surface area contributed by atoms with E-state index >= 15 is 0 Å². The molecule has 8 nitrogen and oxygen atoms in total. The van der Waals surface area contributed by atoms with E-state index in [2.05, 4.69) is 26.8 Å². The quantitative estimate of drug-likeness (QED) is 0.282. The molecule has 12 heteroatoms. The fourth-order valence-corrected chi connectivity index (χ4v) is 3.94. The lowest BCUT2D eigenvalue weighted by molar-refractivity contribution is -0.113. The van der Waals surface area contributed by atoms with Crippen molar-refractivity contribution >= 4 is 35.0 Å². The Labute approximate surface area is 203 Å². The Morgan fingerprint density at radius 1 is 1.21 bits per heavy atom. The second-order valence-electron chi connectivity index (χ2n) is 6.63. The second kappa shape index (κ2) is 11.7. The van der Waals surface area contributed by atoms with Gasteiger partial charge in [-0.25, -0.2) is 0 Å². The number of aromatic nitrogens is 3. The Kier molecular flexibility index (Phi) is 8.72. The van der Waals surface area contributed by atoms with Crippen LogP contribution in [0, 0.1) is 0 Å². The Morgan fingerprint density at radius 2 is 1.91 bits per heavy atom. The van der Waals surface area contributed by atoms with Crippen LogP contribution in [0.15, 0.2) is 54.2 Å². The largest absolute Gasteiger partial charge is 0.495 e. The van der Waals surface area contributed by atoms with Gasteiger partial charge in [-0.3, -0.25) is 9.36 Å². The summed E-state index contributed by atoms with van der Waals surface area (Å²) in [5.74, 6) is 1.04. The van der Waals surface area contributed by atoms with Crippen molar-refractivity contribution < 1.29 is 27.8 Å². The number of anilines is 1. The first kappa shape index (κ1) is 25.3. The Bertz CT molecular complexity index is 1160. The number of nitrogens with zero attached hydrogens (tertiary/aromatic N) is 3. The van der Waals surface area contributed by atoms with Crippen LogP contribution in [0.25, 0.3) is 11.4 Å². The third kappa shape index (κ3) is 6.17. The van der Waals surface area contributed by atoms with Gasteiger partial charge in [0.05, 0.1) is 30.7 Å². The van der Waals surface area contributed by atoms with Crippen LogP contribution in [0.5, 0.6) is 17.2 Å². The zero-order valence-corrected chi connectivity index (χ0v) is 19.8. The summed E-state index contributed by atoms with van der Waals surface area (Å²) in [6, 6.07) is 9.16. The predicted molar refractivity (Wildman–Crippen MR) is 126 cm³/mol. The highest BCUT2D eigenvalue weighted by molar-refractivity contribution is 7.99. The van der Waals surface area contributed by atoms with Crippen molar-refractivity contribution in [2.24, 2.45) is 0 Å². The summed E-state index contributed by atoms with van der Waals surface area (Å²) < 4.78 is 41.4. The van der Waals surface area contributed by atoms with E-state index in [0.29, 0.717) is 45.3 Å². The molecule has 34 heavy (non-hydrogen) atoms. The van der Waals surface area contributed by atoms with Gasteiger partial charge >= 0.3 is 6.61 Å². The molecule has 3 aromatic rings. The maximum Gasteiger partial charge on any atom is 0.387 e. The standard InChI is InChI=1S/C22H21ClF2N4O4S/c1-4-9-29-20(13-5-7-14(8-6-13)33-21(24)25)27-28-22(29)34-12-19(30)26-16-11-17(31-2)15(23)10-18(16)32-3/h4-8,10-11,21H,1,9,12H2,2-3H3,(H,26,30). The first-order valence-electron chi connectivity index (χ1n) is 9.79. The number of methoxy groups -OCH3 is 2. The van der Waals surface area contributed by atoms with Gasteiger partial charge in [0.2, 0.25) is 5.91 Å². The van der Waals surface area contributed by atoms with Crippen LogP contribution < -0.4 is 19.5 Å². The van der Waals surface area contributed by atoms with Crippen LogP contribution in [-0.2, 0) is 11.3 Å². The molecule has 3 rings (SSSR count). The van der Waals surface area contributed by atoms with E-state index in [1.165, 1.54) is 38.1 Å². The second-order valence-corrected chi connectivity index (χ2v) is 7.98. The number of benzene rings is 2. The van der Waals surface area contributed by atoms with E-state index in [1.54, 1.807) is 34.9 Å². The third-order valence-corrected chi connectivity index (χ3v) is 5.71. The normalized spacial score (nSPS) is 10.8. The summed E-state index contributed by atoms with van der Waals surface area (Å²) >= 11 is 7.28. The van der Waals surface area contributed by atoms with Crippen LogP contribution in [0.1, 0.15) is 0 Å². The molecule has 0 unspecified atom stereocenters. The molecule has 0 saturated heterocycles. The SMILES string of the molecule is C=CCn1c(SCC(=O)Nc2cc(OC)c(Cl)cc2OC)nnc1-c1ccc(OC(F)F)cc1. The monoisotopic (exact) mass is 510 g/mol. The lowest BCUT2D eigenvalue weighted by atomic mass is 10.2. The zero-order valence-electron chi connectivity index (χ0n) is 18.3. The lowest BCUT2D eigenvalue weighted by Crippen LogP contribution is -2.15. The van der Waals surface area contributed by atoms with Crippen molar-refractivity contribution in [3.8, 4) is 28.6 Å². The van der Waals surface area contributed by atoms with Gasteiger partial charge in [0.15, 0.2) is 11.0 Å². The van der Waals surface area contributed by atoms with Gasteiger partial charge < -0.3 is 19.5 Å². The molecular weight excluding hydrogens is 490 g/mol. The highest BCUT2D eigenvalue weighted by atomic mass is 35.5. The molecule has 0 aliphatic heterocycles. The van der Waals surface area contributed by atoms with E-state index in [4.69, 9.17) is 21.1 Å². The van der Waals surface area contributed by atoms with Crippen LogP contribution in [0.3, 0.4) is 0 Å². The molecule has 1 amide bonds. The number of ether oxygens (including phenoxy) is 3. The van der Waals surface area contributed by atoms with Crippen molar-refractivity contribution in [3.63, 3.8) is 0 Å². The summed E-state index contributed by atoms with van der Waals surface area (Å²) in [5, 5.41) is 12.0. The van der Waals surface area contributed by atoms with E-state index in [-0.39, 0.29) is 17.4 Å². The number of halogens is 3. The number of hydrogen-bond acceptors (Lipinski definition) is 7. The molecule has 0 saturated carbocycles. The fraction of sp³-hybridized carbons (Fsp3) is 0.227. The van der Waals surface area contributed by atoms with E-state index < -0.39 is 6.61 Å². The molecule has 0 fully saturated rings. The van der Waals surface area contributed by atoms with Crippen LogP contribution in [-0.4, -0.2) is 47.3 Å². The Hall–Kier alpha value is -3.31. The van der Waals surface area contributed by atoms with Crippen LogP contribution in [0.2, 0.25) is 5.02 Å². The number of nitrogens with one attached hydrogen (secondary N) is 1. The van der Waals surface area contributed by atoms with Gasteiger partial charge in [-0.2, -0.15) is 8.78 Å². The number of carbonyl (C=O) groups excluding carboxylic acids is 1. The van der Waals surface area contributed by atoms with Crippen molar-refractivity contribution in [1.82, 2.24) is 14.8 Å². The fourth-order valence-electron chi connectivity index (χ4n) is 2.96. The average Bonchev–Trinajstić information content (AvgIpc) is 3.21. The highest BCUT2D eigenvalue weighted by Crippen LogP contribution is 2.36. The first-order valence-corrected chi connectivity index (χ1v) is 11.2. The molecular formula is C22H21ClF2N4O4S. The number of hydrogen-bond donors (Lipinski definition) is 1. The Morgan fingerprint density at radius 3 is 2.53 bits per heavy atom. The van der Waals surface area contributed by atoms with Crippen molar-refractivity contribution in [3.05, 3.63) is 54.1 Å². The van der Waals surface area contributed by atoms with Gasteiger partial charge in [0.1, 0.15) is 17.2 Å². The topological polar surface area (TPSA) is 87.5 Å². The zero-order chi connectivity index (χ0) is 24.7. The van der Waals surface area contributed by atoms with Gasteiger partial charge in [0.25, 0.3) is 0 Å². The molecule has 2 aromatic carbocycles. The summed E-state index contributed by atoms with van der Waals surface area (Å²) in [4.78, 5) is 12.6. The summed E-state index contributed by atoms with van der Waals surface area (Å²) in [7, 11) is 2.94. The lowest BCUT2D eigenvalue weighted by Gasteiger charge is -2.13. The number of rotatable bonds is 11. The minimum atomic E-state index is -2.90. The number of amides is 1. The summed E-state index contributed by atoms with van der Waals surface area (Å²) in [6.45, 7) is 1.22. The number of allylic oxidation sites excluding steroid dienone is 1. The molecule has 0 bridgehead atoms. The van der Waals surface area contributed by atoms with Gasteiger partial charge in [-0.05, 0) is 24.3 Å². The maximum absolute atomic E-state index is 12.6. The Balaban J connectivity index is 1.73. The van der Waals surface area contributed by atoms with Crippen molar-refractivity contribution in [2.75, 3.05) is 25.3 Å². The molecule has 0 radical (unpaired) electrons. The minimum Gasteiger partial charge on any atom is -0.495 e. The van der Waals surface area contributed by atoms with Gasteiger partial charge in [-0.15, -0.1) is 16.8 Å². The van der Waals surface area contributed by atoms with Gasteiger partial charge in [0, 0.05) is 24.2 Å². The first-order chi connectivity index (χ1) is 16.4. The van der Waals surface area contributed by atoms with Gasteiger partial charge in [-0.1, -0.05) is 29.4 Å². The molecule has 0 atom stereocenters. The number of thioether (sulfide) groups is 1. The maximum atomic E-state index is 12.6. The average molecular weight is 511 g/mol. The van der Waals surface area contributed by atoms with Crippen molar-refractivity contribution in [1.29, 1.82) is 0 Å². The third-order valence-electron chi connectivity index (χ3n) is 4.45. The number of carbonyl (C=O) groups is 1. The molecule has 0 aliphatic rings. The van der Waals surface area contributed by atoms with E-state index in [0.717, 1.165) is 0 Å². The molecule has 0 aliphatic carbocycles. The molecule has 1 N–H and O–H groups in total. The highest BCUT2D eigenvalue weighted by Gasteiger charge is 2.17. The smallest absolute Gasteiger partial charge is 0.387 e. The number of alkyl halides is 2. The molecule has 1 aromatic heterocycles. The van der Waals surface area contributed by atoms with E-state index in [9.17, 15) is 13.6 Å². The molecule has 0 spiro atoms. The van der Waals surface area contributed by atoms with Crippen molar-refractivity contribution in [2.45, 2.75) is 18.3 Å². The summed E-state index contributed by atoms with van der Waals surface area (Å²) in [6.07, 6.45) is 1.66. The summed E-state index contributed by atoms with van der Waals surface area (Å²) in [5.41, 5.74) is 1.05. The predicted octanol–water partition coefficient (Wildman–Crippen LogP) is 5.13.